The minimum Gasteiger partial charge on any atom is -0.382 e. The first-order chi connectivity index (χ1) is 28.5. The van der Waals surface area contributed by atoms with Crippen LogP contribution in [0, 0.1) is 0 Å². The Kier molecular flexibility index (Phi) is 32.4. The van der Waals surface area contributed by atoms with Crippen LogP contribution in [0.4, 0.5) is 0 Å². The van der Waals surface area contributed by atoms with Gasteiger partial charge in [0, 0.05) is 78.4 Å². The fourth-order valence-electron chi connectivity index (χ4n) is 6.20. The van der Waals surface area contributed by atoms with Gasteiger partial charge < -0.3 is 67.0 Å². The summed E-state index contributed by atoms with van der Waals surface area (Å²) in [5, 5.41) is 0. The molecule has 0 saturated carbocycles. The Bertz CT molecular complexity index is 1030. The highest BCUT2D eigenvalue weighted by Crippen LogP contribution is 2.18. The molecule has 17 heteroatoms. The average Bonchev–Trinajstić information content (AvgIpc) is 3.92. The van der Waals surface area contributed by atoms with E-state index in [2.05, 4.69) is 11.5 Å². The summed E-state index contributed by atoms with van der Waals surface area (Å²) in [6, 6.07) is 0. The number of likely N-dealkylation sites (tertiary alicyclic amines) is 4. The smallest absolute Gasteiger partial charge is 0.224 e. The van der Waals surface area contributed by atoms with Gasteiger partial charge >= 0.3 is 0 Å². The van der Waals surface area contributed by atoms with Gasteiger partial charge in [-0.05, 0) is 38.5 Å². The molecule has 0 aromatic rings. The lowest BCUT2D eigenvalue weighted by Crippen LogP contribution is -2.33. The van der Waals surface area contributed by atoms with Crippen molar-refractivity contribution in [1.29, 1.82) is 0 Å². The van der Waals surface area contributed by atoms with E-state index in [1.807, 2.05) is 4.90 Å². The van der Waals surface area contributed by atoms with Gasteiger partial charge in [-0.1, -0.05) is 13.0 Å². The third-order valence-electron chi connectivity index (χ3n) is 9.58. The molecule has 4 heterocycles. The van der Waals surface area contributed by atoms with E-state index in [0.29, 0.717) is 138 Å². The van der Waals surface area contributed by atoms with Crippen molar-refractivity contribution in [3.8, 4) is 0 Å². The first kappa shape index (κ1) is 51.7. The van der Waals surface area contributed by atoms with Gasteiger partial charge in [0.2, 0.25) is 17.7 Å². The molecule has 0 unspecified atom stereocenters. The summed E-state index contributed by atoms with van der Waals surface area (Å²) in [7, 11) is 3.29. The standard InChI is InChI=1S/C15H26N2O3.C14H27NO5.C12H23NO5/c1-14-4-2-6-16(14)8-10-19-12-13-20-11-9-17-7-3-5-15(17)18;1-17-7-8-18-9-10-19-11-12-20-13-15-6-4-2-3-5-14(15)16;1-15-5-6-16-7-8-17-9-10-18-11-13-4-2-3-12(13)14/h1-13H2;2-13H2,1H3;2-11H2,1H3. The Balaban J connectivity index is 0.000000301. The summed E-state index contributed by atoms with van der Waals surface area (Å²) in [5.41, 5.74) is 1.24. The van der Waals surface area contributed by atoms with Crippen LogP contribution in [0.15, 0.2) is 12.3 Å². The van der Waals surface area contributed by atoms with Gasteiger partial charge in [0.1, 0.15) is 13.5 Å². The van der Waals surface area contributed by atoms with Crippen LogP contribution >= 0.6 is 0 Å². The SMILES string of the molecule is C=C1CCCN1CCOCCOCCN1CCCC1=O.COCCOCCOCCOCN1CCCC1=O.COCCOCCOCCOCN1CCCCCC1=O. The van der Waals surface area contributed by atoms with Crippen LogP contribution in [0.3, 0.4) is 0 Å². The minimum atomic E-state index is 0.183. The highest BCUT2D eigenvalue weighted by Gasteiger charge is 2.20. The predicted molar refractivity (Wildman–Crippen MR) is 217 cm³/mol. The zero-order valence-electron chi connectivity index (χ0n) is 35.8. The van der Waals surface area contributed by atoms with Gasteiger partial charge in [0.05, 0.1) is 106 Å². The molecule has 4 aliphatic rings. The van der Waals surface area contributed by atoms with Gasteiger partial charge in [0.15, 0.2) is 0 Å². The van der Waals surface area contributed by atoms with E-state index < -0.39 is 0 Å². The molecular formula is C41H76N4O13. The molecule has 17 nitrogen and oxygen atoms in total. The molecule has 3 amide bonds. The summed E-state index contributed by atoms with van der Waals surface area (Å²) in [5.74, 6) is 0.646. The van der Waals surface area contributed by atoms with Gasteiger partial charge in [-0.25, -0.2) is 0 Å². The zero-order valence-corrected chi connectivity index (χ0v) is 35.8. The number of allylic oxidation sites excluding steroid dienone is 1. The summed E-state index contributed by atoms with van der Waals surface area (Å²) in [6.45, 7) is 19.3. The number of nitrogens with zero attached hydrogens (tertiary/aromatic N) is 4. The molecule has 0 radical (unpaired) electrons. The molecule has 4 fully saturated rings. The first-order valence-corrected chi connectivity index (χ1v) is 21.3. The van der Waals surface area contributed by atoms with E-state index in [-0.39, 0.29) is 17.7 Å². The predicted octanol–water partition coefficient (Wildman–Crippen LogP) is 2.56. The summed E-state index contributed by atoms with van der Waals surface area (Å²) < 4.78 is 52.7. The fraction of sp³-hybridized carbons (Fsp3) is 0.878. The number of ether oxygens (including phenoxy) is 10. The van der Waals surface area contributed by atoms with E-state index in [4.69, 9.17) is 47.4 Å². The number of amides is 3. The maximum atomic E-state index is 11.7. The number of hydrogen-bond acceptors (Lipinski definition) is 14. The lowest BCUT2D eigenvalue weighted by molar-refractivity contribution is -0.137. The fourth-order valence-corrected chi connectivity index (χ4v) is 6.20. The lowest BCUT2D eigenvalue weighted by Gasteiger charge is -2.20. The van der Waals surface area contributed by atoms with Crippen molar-refractivity contribution < 1.29 is 61.8 Å². The van der Waals surface area contributed by atoms with Crippen LogP contribution < -0.4 is 0 Å². The van der Waals surface area contributed by atoms with Crippen molar-refractivity contribution in [1.82, 2.24) is 19.6 Å². The van der Waals surface area contributed by atoms with Crippen LogP contribution in [-0.2, 0) is 61.8 Å². The Morgan fingerprint density at radius 3 is 1.16 bits per heavy atom. The van der Waals surface area contributed by atoms with Crippen LogP contribution in [-0.4, -0.2) is 210 Å². The number of rotatable bonds is 31. The molecule has 4 saturated heterocycles. The monoisotopic (exact) mass is 833 g/mol. The third kappa shape index (κ3) is 26.6. The Morgan fingerprint density at radius 2 is 0.724 bits per heavy atom. The molecule has 338 valence electrons. The van der Waals surface area contributed by atoms with E-state index in [9.17, 15) is 14.4 Å². The highest BCUT2D eigenvalue weighted by atomic mass is 16.6. The molecule has 0 aliphatic carbocycles. The maximum Gasteiger partial charge on any atom is 0.224 e. The quantitative estimate of drug-likeness (QED) is 0.0940. The van der Waals surface area contributed by atoms with Gasteiger partial charge in [-0.15, -0.1) is 0 Å². The normalized spacial score (nSPS) is 17.2. The molecule has 0 spiro atoms. The molecule has 0 aromatic heterocycles. The number of hydrogen-bond donors (Lipinski definition) is 0. The Morgan fingerprint density at radius 1 is 0.379 bits per heavy atom. The second-order valence-electron chi connectivity index (χ2n) is 14.1. The van der Waals surface area contributed by atoms with Gasteiger partial charge in [-0.2, -0.15) is 0 Å². The van der Waals surface area contributed by atoms with Crippen molar-refractivity contribution >= 4 is 17.7 Å². The van der Waals surface area contributed by atoms with Crippen molar-refractivity contribution in [3.05, 3.63) is 12.3 Å². The minimum absolute atomic E-state index is 0.183. The topological polar surface area (TPSA) is 156 Å². The van der Waals surface area contributed by atoms with E-state index in [0.717, 1.165) is 77.9 Å². The number of carbonyl (C=O) groups excluding carboxylic acids is 3. The van der Waals surface area contributed by atoms with Crippen LogP contribution in [0.25, 0.3) is 0 Å². The van der Waals surface area contributed by atoms with Crippen molar-refractivity contribution in [3.63, 3.8) is 0 Å². The molecular weight excluding hydrogens is 756 g/mol. The zero-order chi connectivity index (χ0) is 41.7. The van der Waals surface area contributed by atoms with Crippen molar-refractivity contribution in [2.45, 2.75) is 64.2 Å². The third-order valence-corrected chi connectivity index (χ3v) is 9.58. The molecule has 58 heavy (non-hydrogen) atoms. The molecule has 4 rings (SSSR count). The van der Waals surface area contributed by atoms with Gasteiger partial charge in [0.25, 0.3) is 0 Å². The van der Waals surface area contributed by atoms with Crippen LogP contribution in [0.1, 0.15) is 64.2 Å². The van der Waals surface area contributed by atoms with E-state index in [1.54, 1.807) is 24.0 Å². The van der Waals surface area contributed by atoms with Crippen molar-refractivity contribution in [2.75, 3.05) is 173 Å². The molecule has 4 aliphatic heterocycles. The maximum absolute atomic E-state index is 11.7. The summed E-state index contributed by atoms with van der Waals surface area (Å²) in [4.78, 5) is 42.0. The first-order valence-electron chi connectivity index (χ1n) is 21.3. The summed E-state index contributed by atoms with van der Waals surface area (Å²) in [6.07, 6.45) is 9.49. The molecule has 0 N–H and O–H groups in total. The number of carbonyl (C=O) groups is 3. The Hall–Kier alpha value is -2.45. The Labute approximate surface area is 347 Å². The molecule has 0 bridgehead atoms. The second kappa shape index (κ2) is 36.4. The van der Waals surface area contributed by atoms with Crippen LogP contribution in [0.5, 0.6) is 0 Å². The largest absolute Gasteiger partial charge is 0.382 e. The van der Waals surface area contributed by atoms with Crippen LogP contribution in [0.2, 0.25) is 0 Å². The van der Waals surface area contributed by atoms with E-state index >= 15 is 0 Å². The lowest BCUT2D eigenvalue weighted by atomic mass is 10.2. The highest BCUT2D eigenvalue weighted by molar-refractivity contribution is 5.78. The average molecular weight is 833 g/mol. The van der Waals surface area contributed by atoms with Gasteiger partial charge in [-0.3, -0.25) is 14.4 Å². The summed E-state index contributed by atoms with van der Waals surface area (Å²) >= 11 is 0. The van der Waals surface area contributed by atoms with Crippen molar-refractivity contribution in [2.24, 2.45) is 0 Å². The second-order valence-corrected chi connectivity index (χ2v) is 14.1. The molecule has 0 atom stereocenters. The molecule has 0 aromatic carbocycles. The van der Waals surface area contributed by atoms with E-state index in [1.165, 1.54) is 12.1 Å². The number of methoxy groups -OCH3 is 2.